The van der Waals surface area contributed by atoms with Crippen molar-refractivity contribution in [3.8, 4) is 0 Å². The van der Waals surface area contributed by atoms with Crippen LogP contribution < -0.4 is 10.6 Å². The van der Waals surface area contributed by atoms with Crippen molar-refractivity contribution in [2.45, 2.75) is 113 Å². The number of piperidine rings is 2. The van der Waals surface area contributed by atoms with E-state index >= 15 is 0 Å². The van der Waals surface area contributed by atoms with Gasteiger partial charge in [0.1, 0.15) is 4.90 Å². The molecule has 3 heterocycles. The highest BCUT2D eigenvalue weighted by Gasteiger charge is 2.44. The van der Waals surface area contributed by atoms with Crippen LogP contribution in [0, 0.1) is 25.7 Å². The van der Waals surface area contributed by atoms with Gasteiger partial charge in [0.25, 0.3) is 0 Å². The number of nitrogens with zero attached hydrogens (tertiary/aromatic N) is 4. The third kappa shape index (κ3) is 10.1. The lowest BCUT2D eigenvalue weighted by molar-refractivity contribution is 0.189. The van der Waals surface area contributed by atoms with E-state index in [1.807, 2.05) is 62.7 Å². The Balaban J connectivity index is 0.00000325. The maximum Gasteiger partial charge on any atom is 0.246 e. The first kappa shape index (κ1) is 44.7. The molecule has 3 aromatic rings. The second-order valence-electron chi connectivity index (χ2n) is 15.9. The number of aromatic nitrogens is 2. The van der Waals surface area contributed by atoms with E-state index in [1.54, 1.807) is 20.7 Å². The Morgan fingerprint density at radius 2 is 1.52 bits per heavy atom. The smallest absolute Gasteiger partial charge is 0.246 e. The molecule has 2 saturated heterocycles. The topological polar surface area (TPSA) is 117 Å². The van der Waals surface area contributed by atoms with Gasteiger partial charge in [0.15, 0.2) is 0 Å². The highest BCUT2D eigenvalue weighted by atomic mass is 35.5. The molecule has 14 heteroatoms. The second-order valence-corrected chi connectivity index (χ2v) is 19.8. The molecule has 1 saturated carbocycles. The highest BCUT2D eigenvalue weighted by molar-refractivity contribution is 7.89. The van der Waals surface area contributed by atoms with Crippen LogP contribution in [0.5, 0.6) is 0 Å². The highest BCUT2D eigenvalue weighted by Crippen LogP contribution is 2.40. The van der Waals surface area contributed by atoms with Gasteiger partial charge in [-0.1, -0.05) is 75.6 Å². The monoisotopic (exact) mass is 824 g/mol. The predicted molar refractivity (Wildman–Crippen MR) is 222 cm³/mol. The van der Waals surface area contributed by atoms with Crippen LogP contribution in [0.4, 0.5) is 0 Å². The lowest BCUT2D eigenvalue weighted by Gasteiger charge is -2.44. The van der Waals surface area contributed by atoms with Gasteiger partial charge in [-0.2, -0.15) is 13.7 Å². The average Bonchev–Trinajstić information content (AvgIpc) is 3.46. The molecular weight excluding hydrogens is 764 g/mol. The Morgan fingerprint density at radius 1 is 0.889 bits per heavy atom. The van der Waals surface area contributed by atoms with Gasteiger partial charge < -0.3 is 10.6 Å². The molecule has 0 atom stereocenters. The van der Waals surface area contributed by atoms with Crippen LogP contribution >= 0.6 is 24.8 Å². The summed E-state index contributed by atoms with van der Waals surface area (Å²) in [5.74, 6) is 0.779. The molecule has 3 fully saturated rings. The van der Waals surface area contributed by atoms with E-state index in [1.165, 1.54) is 19.3 Å². The molecule has 0 unspecified atom stereocenters. The van der Waals surface area contributed by atoms with Crippen LogP contribution in [0.15, 0.2) is 64.4 Å². The van der Waals surface area contributed by atoms with Crippen molar-refractivity contribution in [3.05, 3.63) is 77.1 Å². The first-order valence-corrected chi connectivity index (χ1v) is 22.4. The maximum atomic E-state index is 14.5. The molecule has 0 amide bonds. The van der Waals surface area contributed by atoms with Crippen molar-refractivity contribution in [3.63, 3.8) is 0 Å². The predicted octanol–water partition coefficient (Wildman–Crippen LogP) is 7.01. The lowest BCUT2D eigenvalue weighted by Crippen LogP contribution is -2.52. The number of sulfonamides is 2. The lowest BCUT2D eigenvalue weighted by atomic mass is 9.73. The fourth-order valence-electron chi connectivity index (χ4n) is 8.74. The third-order valence-corrected chi connectivity index (χ3v) is 15.7. The fraction of sp³-hybridized carbons (Fsp3) is 0.625. The summed E-state index contributed by atoms with van der Waals surface area (Å²) < 4.78 is 62.8. The molecule has 0 bridgehead atoms. The summed E-state index contributed by atoms with van der Waals surface area (Å²) in [6, 6.07) is 17.7. The van der Waals surface area contributed by atoms with Gasteiger partial charge in [0, 0.05) is 38.1 Å². The first-order chi connectivity index (χ1) is 24.9. The van der Waals surface area contributed by atoms with E-state index in [0.717, 1.165) is 62.1 Å². The van der Waals surface area contributed by atoms with Gasteiger partial charge in [-0.15, -0.1) is 24.8 Å². The quantitative estimate of drug-likeness (QED) is 0.180. The molecule has 302 valence electrons. The summed E-state index contributed by atoms with van der Waals surface area (Å²) in [5, 5.41) is 11.7. The minimum absolute atomic E-state index is 0. The average molecular weight is 826 g/mol. The molecule has 2 aliphatic heterocycles. The Bertz CT molecular complexity index is 1840. The largest absolute Gasteiger partial charge is 0.317 e. The molecule has 1 aromatic heterocycles. The van der Waals surface area contributed by atoms with Crippen LogP contribution in [0.25, 0.3) is 0 Å². The van der Waals surface area contributed by atoms with Crippen molar-refractivity contribution in [2.75, 3.05) is 45.8 Å². The number of rotatable bonds is 14. The van der Waals surface area contributed by atoms with E-state index in [9.17, 15) is 16.8 Å². The molecular formula is C40H62Cl2N6O4S2. The van der Waals surface area contributed by atoms with Gasteiger partial charge in [-0.3, -0.25) is 4.68 Å². The molecule has 54 heavy (non-hydrogen) atoms. The number of aryl methyl sites for hydroxylation is 1. The molecule has 1 aliphatic carbocycles. The van der Waals surface area contributed by atoms with Crippen molar-refractivity contribution in [1.82, 2.24) is 29.0 Å². The zero-order valence-electron chi connectivity index (χ0n) is 32.5. The molecule has 10 nitrogen and oxygen atoms in total. The minimum Gasteiger partial charge on any atom is -0.317 e. The third-order valence-electron chi connectivity index (χ3n) is 11.7. The number of hydrogen-bond acceptors (Lipinski definition) is 7. The van der Waals surface area contributed by atoms with E-state index in [2.05, 4.69) is 22.8 Å². The zero-order chi connectivity index (χ0) is 36.9. The van der Waals surface area contributed by atoms with Crippen LogP contribution in [-0.4, -0.2) is 81.0 Å². The minimum atomic E-state index is -3.84. The summed E-state index contributed by atoms with van der Waals surface area (Å²) in [6.45, 7) is 12.9. The number of halogens is 2. The van der Waals surface area contributed by atoms with Crippen molar-refractivity contribution < 1.29 is 16.8 Å². The van der Waals surface area contributed by atoms with E-state index < -0.39 is 25.5 Å². The number of benzene rings is 2. The van der Waals surface area contributed by atoms with Crippen LogP contribution in [-0.2, 0) is 32.0 Å². The number of nitrogens with one attached hydrogen (secondary N) is 2. The summed E-state index contributed by atoms with van der Waals surface area (Å²) in [5.41, 5.74) is 2.84. The van der Waals surface area contributed by atoms with Crippen LogP contribution in [0.2, 0.25) is 0 Å². The van der Waals surface area contributed by atoms with Gasteiger partial charge >= 0.3 is 0 Å². The molecule has 0 spiro atoms. The molecule has 2 aromatic carbocycles. The summed E-state index contributed by atoms with van der Waals surface area (Å²) in [4.78, 5) is 0.624. The Labute approximate surface area is 337 Å². The number of hydrogen-bond donors (Lipinski definition) is 2. The molecule has 6 rings (SSSR count). The molecule has 2 N–H and O–H groups in total. The molecule has 3 aliphatic rings. The van der Waals surface area contributed by atoms with Crippen LogP contribution in [0.3, 0.4) is 0 Å². The summed E-state index contributed by atoms with van der Waals surface area (Å²) in [7, 11) is -7.64. The standard InChI is InChI=1S/C40H60N6O4S2.2ClH/c1-31(2)29-45(51(47,48)38-17-15-34(16-18-38)27-42-28-35-19-23-41-24-20-35)30-40(36-11-7-5-8-12-36)21-25-44(26-22-40)52(49,50)39-32(3)43-46(33(39)4)37-13-9-6-10-14-37;;/h5,7-8,11-12,15-18,31,35,37,41-42H,6,9-10,13-14,19-30H2,1-4H3;2*1H. The van der Waals surface area contributed by atoms with Gasteiger partial charge in [0.2, 0.25) is 20.0 Å². The zero-order valence-corrected chi connectivity index (χ0v) is 35.8. The van der Waals surface area contributed by atoms with Crippen molar-refractivity contribution in [2.24, 2.45) is 11.8 Å². The van der Waals surface area contributed by atoms with E-state index in [0.29, 0.717) is 60.4 Å². The molecule has 0 radical (unpaired) electrons. The van der Waals surface area contributed by atoms with Gasteiger partial charge in [0.05, 0.1) is 22.3 Å². The Kier molecular flexibility index (Phi) is 16.1. The maximum absolute atomic E-state index is 14.5. The first-order valence-electron chi connectivity index (χ1n) is 19.5. The normalized spacial score (nSPS) is 19.1. The SMILES string of the molecule is Cc1nn(C2CCCCC2)c(C)c1S(=O)(=O)N1CCC(CN(CC(C)C)S(=O)(=O)c2ccc(CNCC3CCNCC3)cc2)(c2ccccc2)CC1.Cl.Cl. The Morgan fingerprint density at radius 3 is 2.13 bits per heavy atom. The van der Waals surface area contributed by atoms with Gasteiger partial charge in [-0.05, 0) is 107 Å². The summed E-state index contributed by atoms with van der Waals surface area (Å²) in [6.07, 6.45) is 8.94. The van der Waals surface area contributed by atoms with Crippen molar-refractivity contribution >= 4 is 44.9 Å². The van der Waals surface area contributed by atoms with Crippen LogP contribution in [0.1, 0.15) is 100 Å². The fourth-order valence-corrected chi connectivity index (χ4v) is 12.2. The second kappa shape index (κ2) is 19.4. The summed E-state index contributed by atoms with van der Waals surface area (Å²) >= 11 is 0. The van der Waals surface area contributed by atoms with Crippen molar-refractivity contribution in [1.29, 1.82) is 0 Å². The van der Waals surface area contributed by atoms with Gasteiger partial charge in [-0.25, -0.2) is 16.8 Å². The van der Waals surface area contributed by atoms with E-state index in [-0.39, 0.29) is 43.3 Å². The Hall–Kier alpha value is -2.03. The van der Waals surface area contributed by atoms with E-state index in [4.69, 9.17) is 5.10 Å².